The summed E-state index contributed by atoms with van der Waals surface area (Å²) in [6, 6.07) is 1.93. The first kappa shape index (κ1) is 14.1. The third-order valence-electron chi connectivity index (χ3n) is 4.39. The van der Waals surface area contributed by atoms with Crippen LogP contribution in [0.1, 0.15) is 35.4 Å². The summed E-state index contributed by atoms with van der Waals surface area (Å²) in [6.45, 7) is 2.38. The lowest BCUT2D eigenvalue weighted by Crippen LogP contribution is -2.53. The molecule has 7 nitrogen and oxygen atoms in total. The molecule has 0 spiro atoms. The zero-order valence-corrected chi connectivity index (χ0v) is 11.8. The first-order valence-electron chi connectivity index (χ1n) is 7.26. The van der Waals surface area contributed by atoms with Gasteiger partial charge >= 0.3 is 0 Å². The van der Waals surface area contributed by atoms with Gasteiger partial charge in [0.1, 0.15) is 5.76 Å². The van der Waals surface area contributed by atoms with Gasteiger partial charge < -0.3 is 9.73 Å². The molecule has 2 atom stereocenters. The van der Waals surface area contributed by atoms with Crippen LogP contribution in [0.3, 0.4) is 0 Å². The Morgan fingerprint density at radius 1 is 1.52 bits per heavy atom. The minimum Gasteiger partial charge on any atom is -0.467 e. The van der Waals surface area contributed by atoms with E-state index < -0.39 is 0 Å². The van der Waals surface area contributed by atoms with Gasteiger partial charge in [0, 0.05) is 25.6 Å². The predicted octanol–water partition coefficient (Wildman–Crippen LogP) is -0.0164. The molecule has 0 aromatic carbocycles. The Hall–Kier alpha value is -1.86. The van der Waals surface area contributed by atoms with Crippen LogP contribution in [-0.2, 0) is 11.3 Å². The fraction of sp³-hybridized carbons (Fsp3) is 0.571. The SMILES string of the molecule is NNC(=O)c1ccoc1CN1CCC2NC(=O)CCC2C1. The number of amides is 2. The van der Waals surface area contributed by atoms with E-state index in [4.69, 9.17) is 10.3 Å². The van der Waals surface area contributed by atoms with Crippen molar-refractivity contribution in [2.24, 2.45) is 11.8 Å². The molecule has 1 aromatic rings. The largest absolute Gasteiger partial charge is 0.467 e. The summed E-state index contributed by atoms with van der Waals surface area (Å²) in [5.74, 6) is 6.12. The highest BCUT2D eigenvalue weighted by atomic mass is 16.3. The minimum atomic E-state index is -0.335. The normalized spacial score (nSPS) is 26.0. The van der Waals surface area contributed by atoms with Crippen LogP contribution in [-0.4, -0.2) is 35.8 Å². The lowest BCUT2D eigenvalue weighted by Gasteiger charge is -2.41. The smallest absolute Gasteiger partial charge is 0.268 e. The topological polar surface area (TPSA) is 101 Å². The van der Waals surface area contributed by atoms with E-state index in [0.29, 0.717) is 36.2 Å². The van der Waals surface area contributed by atoms with E-state index in [0.717, 1.165) is 25.9 Å². The Kier molecular flexibility index (Phi) is 3.94. The van der Waals surface area contributed by atoms with Gasteiger partial charge in [-0.15, -0.1) is 0 Å². The highest BCUT2D eigenvalue weighted by molar-refractivity contribution is 5.94. The van der Waals surface area contributed by atoms with Gasteiger partial charge in [-0.3, -0.25) is 19.9 Å². The number of carbonyl (C=O) groups is 2. The zero-order valence-electron chi connectivity index (χ0n) is 11.8. The second kappa shape index (κ2) is 5.87. The molecule has 2 aliphatic heterocycles. The first-order chi connectivity index (χ1) is 10.2. The van der Waals surface area contributed by atoms with Crippen LogP contribution in [0.25, 0.3) is 0 Å². The lowest BCUT2D eigenvalue weighted by molar-refractivity contribution is -0.125. The van der Waals surface area contributed by atoms with Gasteiger partial charge in [-0.05, 0) is 24.8 Å². The number of piperidine rings is 2. The highest BCUT2D eigenvalue weighted by Crippen LogP contribution is 2.26. The number of hydrogen-bond acceptors (Lipinski definition) is 5. The molecule has 0 saturated carbocycles. The number of nitrogens with zero attached hydrogens (tertiary/aromatic N) is 1. The number of nitrogens with one attached hydrogen (secondary N) is 2. The first-order valence-corrected chi connectivity index (χ1v) is 7.26. The zero-order chi connectivity index (χ0) is 14.8. The summed E-state index contributed by atoms with van der Waals surface area (Å²) in [7, 11) is 0. The number of nitrogens with two attached hydrogens (primary N) is 1. The second-order valence-electron chi connectivity index (χ2n) is 5.73. The van der Waals surface area contributed by atoms with Gasteiger partial charge in [0.2, 0.25) is 5.91 Å². The molecule has 3 rings (SSSR count). The monoisotopic (exact) mass is 292 g/mol. The van der Waals surface area contributed by atoms with E-state index in [2.05, 4.69) is 15.6 Å². The standard InChI is InChI=1S/C14H20N4O3/c15-17-14(20)10-4-6-21-12(10)8-18-5-3-11-9(7-18)1-2-13(19)16-11/h4,6,9,11H,1-3,5,7-8,15H2,(H,16,19)(H,17,20). The van der Waals surface area contributed by atoms with Crippen LogP contribution < -0.4 is 16.6 Å². The second-order valence-corrected chi connectivity index (χ2v) is 5.73. The van der Waals surface area contributed by atoms with Crippen molar-refractivity contribution >= 4 is 11.8 Å². The number of rotatable bonds is 3. The van der Waals surface area contributed by atoms with Gasteiger partial charge in [0.15, 0.2) is 0 Å². The van der Waals surface area contributed by atoms with Crippen molar-refractivity contribution in [2.75, 3.05) is 13.1 Å². The number of furan rings is 1. The molecule has 2 amide bonds. The molecule has 0 radical (unpaired) electrons. The average Bonchev–Trinajstić information content (AvgIpc) is 2.94. The van der Waals surface area contributed by atoms with E-state index >= 15 is 0 Å². The molecule has 7 heteroatoms. The molecule has 114 valence electrons. The fourth-order valence-electron chi connectivity index (χ4n) is 3.28. The number of carbonyl (C=O) groups excluding carboxylic acids is 2. The molecule has 2 unspecified atom stereocenters. The number of fused-ring (bicyclic) bond motifs is 1. The molecule has 2 saturated heterocycles. The van der Waals surface area contributed by atoms with Gasteiger partial charge in [-0.2, -0.15) is 0 Å². The summed E-state index contributed by atoms with van der Waals surface area (Å²) in [5.41, 5.74) is 2.61. The number of hydrogen-bond donors (Lipinski definition) is 3. The molecule has 2 aliphatic rings. The molecule has 0 bridgehead atoms. The molecule has 3 heterocycles. The predicted molar refractivity (Wildman–Crippen MR) is 74.9 cm³/mol. The molecule has 2 fully saturated rings. The number of likely N-dealkylation sites (tertiary alicyclic amines) is 1. The maximum atomic E-state index is 11.6. The van der Waals surface area contributed by atoms with Crippen molar-refractivity contribution in [1.82, 2.24) is 15.6 Å². The maximum Gasteiger partial charge on any atom is 0.268 e. The van der Waals surface area contributed by atoms with Crippen LogP contribution in [0, 0.1) is 5.92 Å². The van der Waals surface area contributed by atoms with Crippen LogP contribution >= 0.6 is 0 Å². The van der Waals surface area contributed by atoms with Crippen molar-refractivity contribution in [3.8, 4) is 0 Å². The lowest BCUT2D eigenvalue weighted by atomic mass is 9.85. The summed E-state index contributed by atoms with van der Waals surface area (Å²) in [5, 5.41) is 3.07. The van der Waals surface area contributed by atoms with Gasteiger partial charge in [-0.25, -0.2) is 5.84 Å². The molecule has 4 N–H and O–H groups in total. The fourth-order valence-corrected chi connectivity index (χ4v) is 3.28. The molecular formula is C14H20N4O3. The number of nitrogen functional groups attached to an aromatic ring is 1. The number of hydrazine groups is 1. The third-order valence-corrected chi connectivity index (χ3v) is 4.39. The minimum absolute atomic E-state index is 0.164. The van der Waals surface area contributed by atoms with Crippen LogP contribution in [0.15, 0.2) is 16.7 Å². The Balaban J connectivity index is 1.63. The van der Waals surface area contributed by atoms with E-state index in [1.807, 2.05) is 0 Å². The van der Waals surface area contributed by atoms with Crippen molar-refractivity contribution in [3.63, 3.8) is 0 Å². The molecule has 0 aliphatic carbocycles. The Morgan fingerprint density at radius 2 is 2.38 bits per heavy atom. The summed E-state index contributed by atoms with van der Waals surface area (Å²) < 4.78 is 5.42. The van der Waals surface area contributed by atoms with E-state index in [1.54, 1.807) is 6.07 Å². The molecular weight excluding hydrogens is 272 g/mol. The molecule has 21 heavy (non-hydrogen) atoms. The summed E-state index contributed by atoms with van der Waals surface area (Å²) in [6.07, 6.45) is 3.99. The maximum absolute atomic E-state index is 11.6. The van der Waals surface area contributed by atoms with Gasteiger partial charge in [-0.1, -0.05) is 0 Å². The van der Waals surface area contributed by atoms with E-state index in [-0.39, 0.29) is 11.8 Å². The van der Waals surface area contributed by atoms with E-state index in [1.165, 1.54) is 6.26 Å². The van der Waals surface area contributed by atoms with Gasteiger partial charge in [0.25, 0.3) is 5.91 Å². The Morgan fingerprint density at radius 3 is 3.19 bits per heavy atom. The third kappa shape index (κ3) is 2.93. The van der Waals surface area contributed by atoms with Crippen LogP contribution in [0.4, 0.5) is 0 Å². The Labute approximate surface area is 122 Å². The molecule has 1 aromatic heterocycles. The van der Waals surface area contributed by atoms with Crippen molar-refractivity contribution < 1.29 is 14.0 Å². The van der Waals surface area contributed by atoms with Crippen molar-refractivity contribution in [1.29, 1.82) is 0 Å². The summed E-state index contributed by atoms with van der Waals surface area (Å²) in [4.78, 5) is 25.3. The Bertz CT molecular complexity index is 542. The van der Waals surface area contributed by atoms with Crippen LogP contribution in [0.2, 0.25) is 0 Å². The van der Waals surface area contributed by atoms with Crippen molar-refractivity contribution in [3.05, 3.63) is 23.7 Å². The quantitative estimate of drug-likeness (QED) is 0.413. The average molecular weight is 292 g/mol. The van der Waals surface area contributed by atoms with E-state index in [9.17, 15) is 9.59 Å². The highest BCUT2D eigenvalue weighted by Gasteiger charge is 2.34. The summed E-state index contributed by atoms with van der Waals surface area (Å²) >= 11 is 0. The van der Waals surface area contributed by atoms with Crippen LogP contribution in [0.5, 0.6) is 0 Å². The van der Waals surface area contributed by atoms with Crippen molar-refractivity contribution in [2.45, 2.75) is 31.8 Å². The van der Waals surface area contributed by atoms with Gasteiger partial charge in [0.05, 0.1) is 18.4 Å².